The van der Waals surface area contributed by atoms with Crippen LogP contribution in [0.3, 0.4) is 0 Å². The molecule has 2 heterocycles. The molecule has 2 aliphatic rings. The summed E-state index contributed by atoms with van der Waals surface area (Å²) in [7, 11) is 0. The lowest BCUT2D eigenvalue weighted by Gasteiger charge is -2.31. The fourth-order valence-corrected chi connectivity index (χ4v) is 3.93. The smallest absolute Gasteiger partial charge is 0.126 e. The monoisotopic (exact) mass is 293 g/mol. The largest absolute Gasteiger partial charge is 0.370 e. The molecule has 3 rings (SSSR count). The van der Waals surface area contributed by atoms with Crippen molar-refractivity contribution < 1.29 is 0 Å². The van der Waals surface area contributed by atoms with E-state index >= 15 is 0 Å². The summed E-state index contributed by atoms with van der Waals surface area (Å²) >= 11 is 6.33. The van der Waals surface area contributed by atoms with E-state index in [0.29, 0.717) is 0 Å². The van der Waals surface area contributed by atoms with Gasteiger partial charge in [-0.3, -0.25) is 4.90 Å². The number of fused-ring (bicyclic) bond motifs is 1. The quantitative estimate of drug-likeness (QED) is 0.911. The lowest BCUT2D eigenvalue weighted by Crippen LogP contribution is -2.34. The van der Waals surface area contributed by atoms with E-state index in [1.54, 1.807) is 0 Å². The Labute approximate surface area is 126 Å². The SMILES string of the molecule is CCNc1ccc(Cl)c(CN2CCC3CCCCC32)n1. The maximum absolute atomic E-state index is 6.33. The highest BCUT2D eigenvalue weighted by Crippen LogP contribution is 2.37. The van der Waals surface area contributed by atoms with Gasteiger partial charge in [-0.1, -0.05) is 24.4 Å². The maximum atomic E-state index is 6.33. The van der Waals surface area contributed by atoms with Crippen molar-refractivity contribution in [3.63, 3.8) is 0 Å². The van der Waals surface area contributed by atoms with Gasteiger partial charge in [-0.2, -0.15) is 0 Å². The second kappa shape index (κ2) is 6.31. The van der Waals surface area contributed by atoms with Crippen molar-refractivity contribution in [1.29, 1.82) is 0 Å². The van der Waals surface area contributed by atoms with Crippen LogP contribution in [0.5, 0.6) is 0 Å². The lowest BCUT2D eigenvalue weighted by molar-refractivity contribution is 0.174. The molecular formula is C16H24ClN3. The zero-order valence-electron chi connectivity index (χ0n) is 12.2. The molecule has 1 saturated heterocycles. The predicted molar refractivity (Wildman–Crippen MR) is 84.2 cm³/mol. The number of nitrogens with zero attached hydrogens (tertiary/aromatic N) is 2. The minimum absolute atomic E-state index is 0.768. The predicted octanol–water partition coefficient (Wildman–Crippen LogP) is 3.93. The third-order valence-electron chi connectivity index (χ3n) is 4.75. The van der Waals surface area contributed by atoms with Crippen LogP contribution in [0.4, 0.5) is 5.82 Å². The van der Waals surface area contributed by atoms with Crippen molar-refractivity contribution in [2.24, 2.45) is 5.92 Å². The van der Waals surface area contributed by atoms with Crippen LogP contribution in [0.15, 0.2) is 12.1 Å². The number of hydrogen-bond donors (Lipinski definition) is 1. The van der Waals surface area contributed by atoms with Crippen LogP contribution in [0, 0.1) is 5.92 Å². The number of hydrogen-bond acceptors (Lipinski definition) is 3. The van der Waals surface area contributed by atoms with Crippen molar-refractivity contribution >= 4 is 17.4 Å². The summed E-state index contributed by atoms with van der Waals surface area (Å²) in [6, 6.07) is 4.70. The van der Waals surface area contributed by atoms with Crippen molar-refractivity contribution in [2.75, 3.05) is 18.4 Å². The van der Waals surface area contributed by atoms with Gasteiger partial charge in [-0.25, -0.2) is 4.98 Å². The molecule has 1 saturated carbocycles. The molecule has 0 aromatic carbocycles. The minimum atomic E-state index is 0.768. The molecule has 20 heavy (non-hydrogen) atoms. The van der Waals surface area contributed by atoms with Crippen molar-refractivity contribution in [1.82, 2.24) is 9.88 Å². The molecule has 1 aromatic rings. The fourth-order valence-electron chi connectivity index (χ4n) is 3.77. The molecule has 1 aliphatic heterocycles. The van der Waals surface area contributed by atoms with Crippen molar-refractivity contribution in [2.45, 2.75) is 51.6 Å². The zero-order valence-corrected chi connectivity index (χ0v) is 13.0. The Hall–Kier alpha value is -0.800. The normalized spacial score (nSPS) is 26.5. The van der Waals surface area contributed by atoms with E-state index in [2.05, 4.69) is 22.1 Å². The van der Waals surface area contributed by atoms with E-state index in [0.717, 1.165) is 41.6 Å². The van der Waals surface area contributed by atoms with Gasteiger partial charge in [0.2, 0.25) is 0 Å². The average molecular weight is 294 g/mol. The van der Waals surface area contributed by atoms with E-state index in [1.165, 1.54) is 38.6 Å². The molecule has 0 bridgehead atoms. The van der Waals surface area contributed by atoms with E-state index in [-0.39, 0.29) is 0 Å². The summed E-state index contributed by atoms with van der Waals surface area (Å²) in [4.78, 5) is 7.28. The van der Waals surface area contributed by atoms with Gasteiger partial charge in [0, 0.05) is 19.1 Å². The summed E-state index contributed by atoms with van der Waals surface area (Å²) < 4.78 is 0. The number of aromatic nitrogens is 1. The molecule has 1 aliphatic carbocycles. The topological polar surface area (TPSA) is 28.2 Å². The van der Waals surface area contributed by atoms with Gasteiger partial charge < -0.3 is 5.32 Å². The summed E-state index contributed by atoms with van der Waals surface area (Å²) in [6.45, 7) is 5.09. The van der Waals surface area contributed by atoms with Gasteiger partial charge in [0.1, 0.15) is 5.82 Å². The second-order valence-corrected chi connectivity index (χ2v) is 6.43. The number of rotatable bonds is 4. The first-order valence-electron chi connectivity index (χ1n) is 7.91. The number of pyridine rings is 1. The number of anilines is 1. The maximum Gasteiger partial charge on any atom is 0.126 e. The van der Waals surface area contributed by atoms with E-state index in [9.17, 15) is 0 Å². The van der Waals surface area contributed by atoms with Gasteiger partial charge in [-0.15, -0.1) is 0 Å². The zero-order chi connectivity index (χ0) is 13.9. The number of nitrogens with one attached hydrogen (secondary N) is 1. The minimum Gasteiger partial charge on any atom is -0.370 e. The Morgan fingerprint density at radius 2 is 2.15 bits per heavy atom. The Kier molecular flexibility index (Phi) is 4.47. The van der Waals surface area contributed by atoms with Gasteiger partial charge in [0.05, 0.1) is 10.7 Å². The van der Waals surface area contributed by atoms with Gasteiger partial charge in [0.25, 0.3) is 0 Å². The van der Waals surface area contributed by atoms with Crippen LogP contribution in [0.1, 0.15) is 44.7 Å². The van der Waals surface area contributed by atoms with E-state index < -0.39 is 0 Å². The Morgan fingerprint density at radius 3 is 3.00 bits per heavy atom. The summed E-state index contributed by atoms with van der Waals surface area (Å²) in [5.74, 6) is 1.85. The van der Waals surface area contributed by atoms with E-state index in [1.807, 2.05) is 12.1 Å². The highest BCUT2D eigenvalue weighted by molar-refractivity contribution is 6.31. The second-order valence-electron chi connectivity index (χ2n) is 6.03. The highest BCUT2D eigenvalue weighted by atomic mass is 35.5. The fraction of sp³-hybridized carbons (Fsp3) is 0.688. The molecule has 2 fully saturated rings. The molecule has 1 aromatic heterocycles. The number of likely N-dealkylation sites (tertiary alicyclic amines) is 1. The molecule has 3 nitrogen and oxygen atoms in total. The first-order chi connectivity index (χ1) is 9.78. The molecule has 0 radical (unpaired) electrons. The third-order valence-corrected chi connectivity index (χ3v) is 5.10. The summed E-state index contributed by atoms with van der Waals surface area (Å²) in [5.41, 5.74) is 1.02. The first kappa shape index (κ1) is 14.2. The van der Waals surface area contributed by atoms with Gasteiger partial charge in [-0.05, 0) is 50.8 Å². The number of halogens is 1. The molecule has 0 amide bonds. The first-order valence-corrected chi connectivity index (χ1v) is 8.29. The van der Waals surface area contributed by atoms with Crippen molar-refractivity contribution in [3.8, 4) is 0 Å². The van der Waals surface area contributed by atoms with Crippen LogP contribution in [-0.2, 0) is 6.54 Å². The Bertz CT molecular complexity index is 463. The van der Waals surface area contributed by atoms with Gasteiger partial charge in [0.15, 0.2) is 0 Å². The summed E-state index contributed by atoms with van der Waals surface area (Å²) in [5, 5.41) is 4.07. The molecular weight excluding hydrogens is 270 g/mol. The average Bonchev–Trinajstić information content (AvgIpc) is 2.86. The Morgan fingerprint density at radius 1 is 1.30 bits per heavy atom. The molecule has 0 spiro atoms. The van der Waals surface area contributed by atoms with Crippen LogP contribution in [0.25, 0.3) is 0 Å². The highest BCUT2D eigenvalue weighted by Gasteiger charge is 2.35. The molecule has 1 N–H and O–H groups in total. The standard InChI is InChI=1S/C16H24ClN3/c1-2-18-16-8-7-13(17)14(19-16)11-20-10-9-12-5-3-4-6-15(12)20/h7-8,12,15H,2-6,9-11H2,1H3,(H,18,19). The Balaban J connectivity index is 1.72. The summed E-state index contributed by atoms with van der Waals surface area (Å²) in [6.07, 6.45) is 6.93. The lowest BCUT2D eigenvalue weighted by atomic mass is 9.85. The van der Waals surface area contributed by atoms with Crippen LogP contribution < -0.4 is 5.32 Å². The van der Waals surface area contributed by atoms with E-state index in [4.69, 9.17) is 11.6 Å². The molecule has 2 atom stereocenters. The van der Waals surface area contributed by atoms with Gasteiger partial charge >= 0.3 is 0 Å². The van der Waals surface area contributed by atoms with Crippen molar-refractivity contribution in [3.05, 3.63) is 22.8 Å². The molecule has 110 valence electrons. The molecule has 4 heteroatoms. The van der Waals surface area contributed by atoms with Crippen LogP contribution in [0.2, 0.25) is 5.02 Å². The van der Waals surface area contributed by atoms with Crippen LogP contribution in [-0.4, -0.2) is 29.0 Å². The third kappa shape index (κ3) is 2.94. The van der Waals surface area contributed by atoms with Crippen LogP contribution >= 0.6 is 11.6 Å². The molecule has 2 unspecified atom stereocenters.